The van der Waals surface area contributed by atoms with E-state index < -0.39 is 6.10 Å². The molecule has 0 aromatic heterocycles. The molecule has 0 aliphatic rings. The van der Waals surface area contributed by atoms with E-state index in [9.17, 15) is 4.79 Å². The second-order valence-electron chi connectivity index (χ2n) is 5.41. The van der Waals surface area contributed by atoms with Crippen LogP contribution in [0.5, 0.6) is 5.75 Å². The second-order valence-corrected chi connectivity index (χ2v) is 5.41. The number of benzene rings is 1. The third-order valence-electron chi connectivity index (χ3n) is 3.60. The summed E-state index contributed by atoms with van der Waals surface area (Å²) in [6.45, 7) is 10.2. The van der Waals surface area contributed by atoms with Crippen LogP contribution in [0.25, 0.3) is 0 Å². The van der Waals surface area contributed by atoms with Crippen LogP contribution in [-0.4, -0.2) is 18.1 Å². The molecule has 0 heterocycles. The van der Waals surface area contributed by atoms with E-state index in [1.807, 2.05) is 45.9 Å². The van der Waals surface area contributed by atoms with Gasteiger partial charge >= 0.3 is 0 Å². The summed E-state index contributed by atoms with van der Waals surface area (Å²) in [5.41, 5.74) is 2.28. The highest BCUT2D eigenvalue weighted by Crippen LogP contribution is 2.22. The fourth-order valence-electron chi connectivity index (χ4n) is 2.17. The van der Waals surface area contributed by atoms with Gasteiger partial charge in [-0.25, -0.2) is 0 Å². The minimum absolute atomic E-state index is 0.0191. The van der Waals surface area contributed by atoms with Crippen molar-refractivity contribution < 1.29 is 9.53 Å². The number of hydrogen-bond acceptors (Lipinski definition) is 2. The molecule has 3 heteroatoms. The molecule has 0 aliphatic heterocycles. The SMILES string of the molecule is CCC[C@@H](C)NC(=O)[C@H](CC)Oc1cccc(C)c1C. The van der Waals surface area contributed by atoms with Gasteiger partial charge in [0.15, 0.2) is 6.10 Å². The van der Waals surface area contributed by atoms with Crippen molar-refractivity contribution in [1.29, 1.82) is 0 Å². The fraction of sp³-hybridized carbons (Fsp3) is 0.588. The van der Waals surface area contributed by atoms with Gasteiger partial charge in [-0.1, -0.05) is 32.4 Å². The van der Waals surface area contributed by atoms with Crippen molar-refractivity contribution >= 4 is 5.91 Å². The number of nitrogens with one attached hydrogen (secondary N) is 1. The maximum absolute atomic E-state index is 12.2. The Kier molecular flexibility index (Phi) is 6.56. The molecule has 2 atom stereocenters. The zero-order chi connectivity index (χ0) is 15.1. The van der Waals surface area contributed by atoms with Gasteiger partial charge in [-0.05, 0) is 50.8 Å². The molecule has 1 aromatic carbocycles. The van der Waals surface area contributed by atoms with Gasteiger partial charge in [0.25, 0.3) is 5.91 Å². The minimum Gasteiger partial charge on any atom is -0.480 e. The van der Waals surface area contributed by atoms with Crippen molar-refractivity contribution in [2.75, 3.05) is 0 Å². The van der Waals surface area contributed by atoms with Crippen LogP contribution < -0.4 is 10.1 Å². The summed E-state index contributed by atoms with van der Waals surface area (Å²) < 4.78 is 5.90. The number of amides is 1. The van der Waals surface area contributed by atoms with E-state index >= 15 is 0 Å². The lowest BCUT2D eigenvalue weighted by atomic mass is 10.1. The molecule has 1 aromatic rings. The van der Waals surface area contributed by atoms with Crippen LogP contribution in [-0.2, 0) is 4.79 Å². The largest absolute Gasteiger partial charge is 0.480 e. The molecule has 0 aliphatic carbocycles. The Balaban J connectivity index is 2.71. The quantitative estimate of drug-likeness (QED) is 0.824. The third-order valence-corrected chi connectivity index (χ3v) is 3.60. The van der Waals surface area contributed by atoms with Gasteiger partial charge in [0.1, 0.15) is 5.75 Å². The molecule has 20 heavy (non-hydrogen) atoms. The highest BCUT2D eigenvalue weighted by atomic mass is 16.5. The summed E-state index contributed by atoms with van der Waals surface area (Å²) in [5.74, 6) is 0.782. The Bertz CT molecular complexity index is 443. The van der Waals surface area contributed by atoms with Crippen molar-refractivity contribution in [3.63, 3.8) is 0 Å². The smallest absolute Gasteiger partial charge is 0.261 e. The Hall–Kier alpha value is -1.51. The zero-order valence-electron chi connectivity index (χ0n) is 13.3. The van der Waals surface area contributed by atoms with Gasteiger partial charge in [-0.15, -0.1) is 0 Å². The molecule has 1 N–H and O–H groups in total. The molecular weight excluding hydrogens is 250 g/mol. The number of aryl methyl sites for hydroxylation is 1. The van der Waals surface area contributed by atoms with E-state index in [1.165, 1.54) is 5.56 Å². The number of hydrogen-bond donors (Lipinski definition) is 1. The van der Waals surface area contributed by atoms with E-state index in [-0.39, 0.29) is 11.9 Å². The number of rotatable bonds is 7. The van der Waals surface area contributed by atoms with E-state index in [4.69, 9.17) is 4.74 Å². The molecule has 112 valence electrons. The van der Waals surface area contributed by atoms with Gasteiger partial charge in [0.05, 0.1) is 0 Å². The molecule has 0 bridgehead atoms. The van der Waals surface area contributed by atoms with Crippen LogP contribution in [0.2, 0.25) is 0 Å². The lowest BCUT2D eigenvalue weighted by Crippen LogP contribution is -2.42. The lowest BCUT2D eigenvalue weighted by molar-refractivity contribution is -0.128. The maximum Gasteiger partial charge on any atom is 0.261 e. The first-order chi connectivity index (χ1) is 9.49. The fourth-order valence-corrected chi connectivity index (χ4v) is 2.17. The monoisotopic (exact) mass is 277 g/mol. The molecule has 0 spiro atoms. The molecule has 0 fully saturated rings. The lowest BCUT2D eigenvalue weighted by Gasteiger charge is -2.21. The average Bonchev–Trinajstić information content (AvgIpc) is 2.40. The van der Waals surface area contributed by atoms with Crippen molar-refractivity contribution in [2.24, 2.45) is 0 Å². The Morgan fingerprint density at radius 3 is 2.60 bits per heavy atom. The zero-order valence-corrected chi connectivity index (χ0v) is 13.3. The van der Waals surface area contributed by atoms with Crippen molar-refractivity contribution in [2.45, 2.75) is 66.0 Å². The summed E-state index contributed by atoms with van der Waals surface area (Å²) in [4.78, 5) is 12.2. The molecule has 0 saturated heterocycles. The summed E-state index contributed by atoms with van der Waals surface area (Å²) >= 11 is 0. The van der Waals surface area contributed by atoms with E-state index in [0.29, 0.717) is 6.42 Å². The van der Waals surface area contributed by atoms with Crippen LogP contribution in [0.1, 0.15) is 51.2 Å². The highest BCUT2D eigenvalue weighted by Gasteiger charge is 2.20. The van der Waals surface area contributed by atoms with Crippen LogP contribution in [0.4, 0.5) is 0 Å². The first-order valence-corrected chi connectivity index (χ1v) is 7.52. The molecule has 1 rings (SSSR count). The standard InChI is InChI=1S/C17H27NO2/c1-6-9-13(4)18-17(19)15(7-2)20-16-11-8-10-12(3)14(16)5/h8,10-11,13,15H,6-7,9H2,1-5H3,(H,18,19)/t13-,15+/m1/s1. The predicted octanol–water partition coefficient (Wildman–Crippen LogP) is 3.77. The summed E-state index contributed by atoms with van der Waals surface area (Å²) in [5, 5.41) is 3.02. The molecule has 1 amide bonds. The second kappa shape index (κ2) is 7.93. The molecular formula is C17H27NO2. The summed E-state index contributed by atoms with van der Waals surface area (Å²) in [6, 6.07) is 6.13. The first-order valence-electron chi connectivity index (χ1n) is 7.52. The maximum atomic E-state index is 12.2. The number of carbonyl (C=O) groups excluding carboxylic acids is 1. The first kappa shape index (κ1) is 16.5. The average molecular weight is 277 g/mol. The van der Waals surface area contributed by atoms with Crippen molar-refractivity contribution in [1.82, 2.24) is 5.32 Å². The number of carbonyl (C=O) groups is 1. The normalized spacial score (nSPS) is 13.7. The molecule has 0 saturated carbocycles. The minimum atomic E-state index is -0.421. The molecule has 0 unspecified atom stereocenters. The Morgan fingerprint density at radius 1 is 1.30 bits per heavy atom. The van der Waals surface area contributed by atoms with Gasteiger partial charge in [0.2, 0.25) is 0 Å². The Morgan fingerprint density at radius 2 is 2.00 bits per heavy atom. The predicted molar refractivity (Wildman–Crippen MR) is 83.1 cm³/mol. The van der Waals surface area contributed by atoms with Crippen LogP contribution >= 0.6 is 0 Å². The van der Waals surface area contributed by atoms with Gasteiger partial charge in [0, 0.05) is 6.04 Å². The van der Waals surface area contributed by atoms with Gasteiger partial charge < -0.3 is 10.1 Å². The summed E-state index contributed by atoms with van der Waals surface area (Å²) in [6.07, 6.45) is 2.30. The summed E-state index contributed by atoms with van der Waals surface area (Å²) in [7, 11) is 0. The van der Waals surface area contributed by atoms with E-state index in [0.717, 1.165) is 24.2 Å². The van der Waals surface area contributed by atoms with Crippen molar-refractivity contribution in [3.8, 4) is 5.75 Å². The van der Waals surface area contributed by atoms with Crippen LogP contribution in [0.3, 0.4) is 0 Å². The van der Waals surface area contributed by atoms with Crippen molar-refractivity contribution in [3.05, 3.63) is 29.3 Å². The molecule has 3 nitrogen and oxygen atoms in total. The highest BCUT2D eigenvalue weighted by molar-refractivity contribution is 5.81. The Labute approximate surface area is 122 Å². The van der Waals surface area contributed by atoms with Gasteiger partial charge in [-0.3, -0.25) is 4.79 Å². The van der Waals surface area contributed by atoms with Gasteiger partial charge in [-0.2, -0.15) is 0 Å². The third kappa shape index (κ3) is 4.55. The number of ether oxygens (including phenoxy) is 1. The van der Waals surface area contributed by atoms with Crippen LogP contribution in [0, 0.1) is 13.8 Å². The topological polar surface area (TPSA) is 38.3 Å². The van der Waals surface area contributed by atoms with Crippen LogP contribution in [0.15, 0.2) is 18.2 Å². The van der Waals surface area contributed by atoms with E-state index in [2.05, 4.69) is 12.2 Å². The molecule has 0 radical (unpaired) electrons. The van der Waals surface area contributed by atoms with E-state index in [1.54, 1.807) is 0 Å².